The van der Waals surface area contributed by atoms with Gasteiger partial charge in [0.25, 0.3) is 0 Å². The Morgan fingerprint density at radius 1 is 1.50 bits per heavy atom. The summed E-state index contributed by atoms with van der Waals surface area (Å²) in [6.45, 7) is 1.18. The molecule has 58 valence electrons. The number of carboxylic acid groups (broad SMARTS) is 1. The van der Waals surface area contributed by atoms with E-state index in [1.807, 2.05) is 0 Å². The Balaban J connectivity index is 3.60. The molecule has 10 heavy (non-hydrogen) atoms. The van der Waals surface area contributed by atoms with Crippen LogP contribution in [0.3, 0.4) is 0 Å². The first-order valence-corrected chi connectivity index (χ1v) is 3.96. The lowest BCUT2D eigenvalue weighted by Crippen LogP contribution is -2.10. The lowest BCUT2D eigenvalue weighted by atomic mass is 10.5. The Morgan fingerprint density at radius 2 is 2.00 bits per heavy atom. The van der Waals surface area contributed by atoms with Gasteiger partial charge in [0.2, 0.25) is 5.12 Å². The average Bonchev–Trinajstić information content (AvgIpc) is 1.82. The molecule has 0 rings (SSSR count). The van der Waals surface area contributed by atoms with Crippen LogP contribution in [0.2, 0.25) is 0 Å². The van der Waals surface area contributed by atoms with Gasteiger partial charge in [-0.2, -0.15) is 0 Å². The van der Waals surface area contributed by atoms with Gasteiger partial charge in [-0.3, -0.25) is 13.8 Å². The monoisotopic (exact) mass is 164 g/mol. The minimum atomic E-state index is -1.61. The molecule has 0 aromatic rings. The van der Waals surface area contributed by atoms with Gasteiger partial charge in [-0.25, -0.2) is 0 Å². The highest BCUT2D eigenvalue weighted by Gasteiger charge is 2.07. The third kappa shape index (κ3) is 4.20. The van der Waals surface area contributed by atoms with Crippen molar-refractivity contribution in [1.82, 2.24) is 0 Å². The molecule has 0 aromatic carbocycles. The van der Waals surface area contributed by atoms with Crippen LogP contribution < -0.4 is 0 Å². The van der Waals surface area contributed by atoms with E-state index in [0.29, 0.717) is 0 Å². The summed E-state index contributed by atoms with van der Waals surface area (Å²) in [5, 5.41) is 7.63. The summed E-state index contributed by atoms with van der Waals surface area (Å²) in [6, 6.07) is 0. The zero-order chi connectivity index (χ0) is 8.15. The molecule has 0 radical (unpaired) electrons. The maximum atomic E-state index is 10.5. The van der Waals surface area contributed by atoms with Crippen molar-refractivity contribution in [3.05, 3.63) is 0 Å². The van der Waals surface area contributed by atoms with Crippen molar-refractivity contribution in [2.75, 3.05) is 5.75 Å². The molecule has 0 amide bonds. The molecule has 0 spiro atoms. The van der Waals surface area contributed by atoms with Gasteiger partial charge in [-0.1, -0.05) is 0 Å². The van der Waals surface area contributed by atoms with Gasteiger partial charge in [0.05, 0.1) is 17.2 Å². The topological polar surface area (TPSA) is 71.4 Å². The second-order valence-electron chi connectivity index (χ2n) is 1.68. The van der Waals surface area contributed by atoms with Crippen molar-refractivity contribution < 1.29 is 18.9 Å². The predicted octanol–water partition coefficient (Wildman–Crippen LogP) is -0.244. The molecule has 5 heteroatoms. The van der Waals surface area contributed by atoms with Gasteiger partial charge in [0.15, 0.2) is 0 Å². The molecule has 0 fully saturated rings. The van der Waals surface area contributed by atoms with E-state index in [1.165, 1.54) is 6.92 Å². The van der Waals surface area contributed by atoms with Crippen LogP contribution in [0.15, 0.2) is 0 Å². The highest BCUT2D eigenvalue weighted by atomic mass is 32.2. The fraction of sp³-hybridized carbons (Fsp3) is 0.600. The highest BCUT2D eigenvalue weighted by molar-refractivity contribution is 8.00. The Kier molecular flexibility index (Phi) is 3.87. The van der Waals surface area contributed by atoms with Crippen LogP contribution in [-0.4, -0.2) is 26.2 Å². The Labute approximate surface area is 60.7 Å². The maximum absolute atomic E-state index is 10.5. The van der Waals surface area contributed by atoms with Crippen molar-refractivity contribution in [1.29, 1.82) is 0 Å². The van der Waals surface area contributed by atoms with E-state index in [2.05, 4.69) is 0 Å². The Morgan fingerprint density at radius 3 is 2.30 bits per heavy atom. The van der Waals surface area contributed by atoms with Gasteiger partial charge in [0, 0.05) is 12.7 Å². The fourth-order valence-corrected chi connectivity index (χ4v) is 0.971. The summed E-state index contributed by atoms with van der Waals surface area (Å²) in [5.74, 6) is -1.11. The lowest BCUT2D eigenvalue weighted by Gasteiger charge is -1.91. The Hall–Kier alpha value is -0.710. The molecule has 0 aliphatic carbocycles. The van der Waals surface area contributed by atoms with Crippen LogP contribution in [0.1, 0.15) is 13.3 Å². The largest absolute Gasteiger partial charge is 0.481 e. The van der Waals surface area contributed by atoms with Crippen LogP contribution in [0.25, 0.3) is 0 Å². The molecule has 0 aliphatic heterocycles. The molecule has 0 heterocycles. The number of hydrogen-bond donors (Lipinski definition) is 1. The summed E-state index contributed by atoms with van der Waals surface area (Å²) in [7, 11) is -1.61. The number of carboxylic acids is 1. The van der Waals surface area contributed by atoms with Crippen LogP contribution in [-0.2, 0) is 20.4 Å². The summed E-state index contributed by atoms with van der Waals surface area (Å²) in [6.07, 6.45) is -0.216. The van der Waals surface area contributed by atoms with E-state index in [9.17, 15) is 13.8 Å². The zero-order valence-corrected chi connectivity index (χ0v) is 6.31. The molecule has 0 aliphatic rings. The van der Waals surface area contributed by atoms with Crippen molar-refractivity contribution in [2.45, 2.75) is 13.3 Å². The summed E-state index contributed by atoms with van der Waals surface area (Å²) < 4.78 is 10.5. The molecule has 0 aromatic heterocycles. The highest BCUT2D eigenvalue weighted by Crippen LogP contribution is 1.88. The normalized spacial score (nSPS) is 12.5. The van der Waals surface area contributed by atoms with Crippen LogP contribution in [0, 0.1) is 0 Å². The number of rotatable bonds is 3. The van der Waals surface area contributed by atoms with Gasteiger partial charge < -0.3 is 5.11 Å². The van der Waals surface area contributed by atoms with Crippen LogP contribution in [0.4, 0.5) is 0 Å². The molecule has 0 saturated carbocycles. The molecular formula is C5H8O4S. The van der Waals surface area contributed by atoms with E-state index in [1.54, 1.807) is 0 Å². The van der Waals surface area contributed by atoms with E-state index in [0.717, 1.165) is 0 Å². The first kappa shape index (κ1) is 9.29. The smallest absolute Gasteiger partial charge is 0.304 e. The van der Waals surface area contributed by atoms with Gasteiger partial charge in [-0.15, -0.1) is 0 Å². The molecule has 1 atom stereocenters. The van der Waals surface area contributed by atoms with Crippen molar-refractivity contribution in [3.63, 3.8) is 0 Å². The molecule has 0 bridgehead atoms. The predicted molar refractivity (Wildman–Crippen MR) is 35.9 cm³/mol. The van der Waals surface area contributed by atoms with E-state index in [-0.39, 0.29) is 12.2 Å². The van der Waals surface area contributed by atoms with Crippen molar-refractivity contribution in [2.24, 2.45) is 0 Å². The zero-order valence-electron chi connectivity index (χ0n) is 5.49. The summed E-state index contributed by atoms with van der Waals surface area (Å²) >= 11 is 0. The third-order valence-corrected chi connectivity index (χ3v) is 2.04. The number of carbonyl (C=O) groups excluding carboxylic acids is 1. The van der Waals surface area contributed by atoms with Crippen molar-refractivity contribution in [3.8, 4) is 0 Å². The van der Waals surface area contributed by atoms with E-state index < -0.39 is 21.9 Å². The summed E-state index contributed by atoms with van der Waals surface area (Å²) in [5.41, 5.74) is 0. The van der Waals surface area contributed by atoms with Crippen LogP contribution >= 0.6 is 0 Å². The molecule has 1 N–H and O–H groups in total. The molecular weight excluding hydrogens is 156 g/mol. The minimum absolute atomic E-state index is 0.0787. The second kappa shape index (κ2) is 4.16. The minimum Gasteiger partial charge on any atom is -0.481 e. The number of aliphatic carboxylic acids is 1. The third-order valence-electron chi connectivity index (χ3n) is 0.822. The Bertz CT molecular complexity index is 174. The molecule has 1 unspecified atom stereocenters. The second-order valence-corrected chi connectivity index (χ2v) is 3.36. The van der Waals surface area contributed by atoms with Crippen LogP contribution in [0.5, 0.6) is 0 Å². The number of hydrogen-bond acceptors (Lipinski definition) is 3. The quantitative estimate of drug-likeness (QED) is 0.624. The average molecular weight is 164 g/mol. The van der Waals surface area contributed by atoms with Gasteiger partial charge in [0.1, 0.15) is 0 Å². The van der Waals surface area contributed by atoms with E-state index in [4.69, 9.17) is 5.11 Å². The van der Waals surface area contributed by atoms with Crippen molar-refractivity contribution >= 4 is 21.9 Å². The first-order valence-electron chi connectivity index (χ1n) is 2.64. The number of carbonyl (C=O) groups is 2. The standard InChI is InChI=1S/C5H8O4S/c1-4(6)10(9)3-2-5(7)8/h2-3H2,1H3,(H,7,8). The summed E-state index contributed by atoms with van der Waals surface area (Å²) in [4.78, 5) is 20.1. The first-order chi connectivity index (χ1) is 4.54. The lowest BCUT2D eigenvalue weighted by molar-refractivity contribution is -0.136. The SMILES string of the molecule is CC(=O)S(=O)CCC(=O)O. The fourth-order valence-electron chi connectivity index (χ4n) is 0.324. The van der Waals surface area contributed by atoms with Gasteiger partial charge in [-0.05, 0) is 0 Å². The molecule has 4 nitrogen and oxygen atoms in total. The maximum Gasteiger partial charge on any atom is 0.304 e. The van der Waals surface area contributed by atoms with E-state index >= 15 is 0 Å². The van der Waals surface area contributed by atoms with Gasteiger partial charge >= 0.3 is 5.97 Å². The molecule has 0 saturated heterocycles.